The molecule has 0 bridgehead atoms. The van der Waals surface area contributed by atoms with Gasteiger partial charge in [0.2, 0.25) is 20.0 Å². The van der Waals surface area contributed by atoms with Gasteiger partial charge in [-0.05, 0) is 6.07 Å². The minimum atomic E-state index is -3.94. The molecule has 1 aromatic carbocycles. The van der Waals surface area contributed by atoms with Crippen LogP contribution in [0.5, 0.6) is 0 Å². The van der Waals surface area contributed by atoms with E-state index >= 15 is 0 Å². The maximum Gasteiger partial charge on any atom is 0.317 e. The van der Waals surface area contributed by atoms with E-state index in [1.165, 1.54) is 31.7 Å². The number of ether oxygens (including phenoxy) is 1. The zero-order valence-corrected chi connectivity index (χ0v) is 18.9. The number of nitro groups is 1. The molecule has 0 saturated carbocycles. The Hall–Kier alpha value is -2.33. The van der Waals surface area contributed by atoms with E-state index in [0.717, 1.165) is 6.07 Å². The number of hydrogen-bond acceptors (Lipinski definition) is 8. The van der Waals surface area contributed by atoms with Crippen LogP contribution in [0.15, 0.2) is 29.2 Å². The van der Waals surface area contributed by atoms with Crippen LogP contribution in [0.4, 0.5) is 10.5 Å². The summed E-state index contributed by atoms with van der Waals surface area (Å²) in [6, 6.07) is 4.33. The maximum absolute atomic E-state index is 12.8. The van der Waals surface area contributed by atoms with Crippen molar-refractivity contribution in [2.75, 3.05) is 64.8 Å². The Labute approximate surface area is 186 Å². The fraction of sp³-hybridized carbons (Fsp3) is 0.588. The Morgan fingerprint density at radius 1 is 1.03 bits per heavy atom. The first-order chi connectivity index (χ1) is 15.1. The first kappa shape index (κ1) is 24.3. The van der Waals surface area contributed by atoms with Crippen molar-refractivity contribution in [2.45, 2.75) is 4.90 Å². The number of morpholine rings is 1. The van der Waals surface area contributed by atoms with Crippen LogP contribution in [0.3, 0.4) is 0 Å². The summed E-state index contributed by atoms with van der Waals surface area (Å²) in [7, 11) is -7.43. The third-order valence-corrected chi connectivity index (χ3v) is 8.96. The SMILES string of the molecule is O=C(NCCS(=O)(=O)N1CCOCC1)N1CCN(S(=O)(=O)c2cccc([N+](=O)[O-])c2)CC1. The lowest BCUT2D eigenvalue weighted by atomic mass is 10.3. The van der Waals surface area contributed by atoms with Crippen molar-refractivity contribution in [3.05, 3.63) is 34.4 Å². The zero-order valence-electron chi connectivity index (χ0n) is 17.3. The summed E-state index contributed by atoms with van der Waals surface area (Å²) < 4.78 is 57.8. The number of carbonyl (C=O) groups is 1. The molecule has 0 radical (unpaired) electrons. The number of non-ortho nitro benzene ring substituents is 1. The number of hydrogen-bond donors (Lipinski definition) is 1. The number of piperazine rings is 1. The number of sulfonamides is 2. The minimum Gasteiger partial charge on any atom is -0.379 e. The standard InChI is InChI=1S/C17H25N5O8S2/c23-17(18-4-13-31(26,27)20-9-11-30-12-10-20)19-5-7-21(8-6-19)32(28,29)16-3-1-2-15(14-16)22(24)25/h1-3,14H,4-13H2,(H,18,23). The van der Waals surface area contributed by atoms with Crippen LogP contribution in [-0.2, 0) is 24.8 Å². The molecular formula is C17H25N5O8S2. The van der Waals surface area contributed by atoms with Crippen LogP contribution in [0.2, 0.25) is 0 Å². The molecule has 3 rings (SSSR count). The second-order valence-corrected chi connectivity index (χ2v) is 11.2. The Balaban J connectivity index is 1.50. The highest BCUT2D eigenvalue weighted by molar-refractivity contribution is 7.89. The predicted molar refractivity (Wildman–Crippen MR) is 113 cm³/mol. The van der Waals surface area contributed by atoms with Gasteiger partial charge in [-0.25, -0.2) is 21.6 Å². The zero-order chi connectivity index (χ0) is 23.4. The summed E-state index contributed by atoms with van der Waals surface area (Å²) in [4.78, 5) is 23.8. The molecule has 178 valence electrons. The van der Waals surface area contributed by atoms with Gasteiger partial charge in [0, 0.05) is 57.9 Å². The quantitative estimate of drug-likeness (QED) is 0.386. The Bertz CT molecular complexity index is 1050. The van der Waals surface area contributed by atoms with E-state index in [4.69, 9.17) is 4.74 Å². The highest BCUT2D eigenvalue weighted by Gasteiger charge is 2.31. The highest BCUT2D eigenvalue weighted by atomic mass is 32.2. The molecular weight excluding hydrogens is 466 g/mol. The van der Waals surface area contributed by atoms with Gasteiger partial charge in [0.15, 0.2) is 0 Å². The molecule has 2 aliphatic heterocycles. The minimum absolute atomic E-state index is 0.0184. The number of urea groups is 1. The van der Waals surface area contributed by atoms with Crippen LogP contribution < -0.4 is 5.32 Å². The van der Waals surface area contributed by atoms with Gasteiger partial charge in [0.1, 0.15) is 0 Å². The van der Waals surface area contributed by atoms with Crippen LogP contribution >= 0.6 is 0 Å². The highest BCUT2D eigenvalue weighted by Crippen LogP contribution is 2.22. The fourth-order valence-electron chi connectivity index (χ4n) is 3.39. The van der Waals surface area contributed by atoms with Gasteiger partial charge in [-0.15, -0.1) is 0 Å². The number of rotatable bonds is 7. The van der Waals surface area contributed by atoms with Gasteiger partial charge in [0.25, 0.3) is 5.69 Å². The normalized spacial score (nSPS) is 18.9. The van der Waals surface area contributed by atoms with E-state index in [-0.39, 0.29) is 62.1 Å². The molecule has 2 amide bonds. The summed E-state index contributed by atoms with van der Waals surface area (Å²) in [5, 5.41) is 13.5. The molecule has 32 heavy (non-hydrogen) atoms. The summed E-state index contributed by atoms with van der Waals surface area (Å²) in [6.07, 6.45) is 0. The van der Waals surface area contributed by atoms with Gasteiger partial charge in [-0.1, -0.05) is 6.07 Å². The number of benzene rings is 1. The first-order valence-electron chi connectivity index (χ1n) is 9.94. The third-order valence-electron chi connectivity index (χ3n) is 5.19. The molecule has 15 heteroatoms. The second-order valence-electron chi connectivity index (χ2n) is 7.20. The van der Waals surface area contributed by atoms with Crippen LogP contribution in [-0.4, -0.2) is 106 Å². The number of carbonyl (C=O) groups excluding carboxylic acids is 1. The maximum atomic E-state index is 12.8. The lowest BCUT2D eigenvalue weighted by Crippen LogP contribution is -2.53. The van der Waals surface area contributed by atoms with E-state index in [0.29, 0.717) is 13.2 Å². The summed E-state index contributed by atoms with van der Waals surface area (Å²) in [5.41, 5.74) is -0.323. The molecule has 2 fully saturated rings. The molecule has 0 aliphatic carbocycles. The molecule has 0 atom stereocenters. The van der Waals surface area contributed by atoms with Crippen molar-refractivity contribution in [1.29, 1.82) is 0 Å². The third kappa shape index (κ3) is 5.72. The summed E-state index contributed by atoms with van der Waals surface area (Å²) in [6.45, 7) is 1.45. The molecule has 2 heterocycles. The van der Waals surface area contributed by atoms with E-state index in [2.05, 4.69) is 5.32 Å². The first-order valence-corrected chi connectivity index (χ1v) is 13.0. The monoisotopic (exact) mass is 491 g/mol. The van der Waals surface area contributed by atoms with Crippen LogP contribution in [0, 0.1) is 10.1 Å². The number of nitro benzene ring substituents is 1. The topological polar surface area (TPSA) is 159 Å². The van der Waals surface area contributed by atoms with Crippen LogP contribution in [0.25, 0.3) is 0 Å². The molecule has 0 aromatic heterocycles. The largest absolute Gasteiger partial charge is 0.379 e. The van der Waals surface area contributed by atoms with Gasteiger partial charge in [-0.3, -0.25) is 10.1 Å². The lowest BCUT2D eigenvalue weighted by molar-refractivity contribution is -0.385. The van der Waals surface area contributed by atoms with Gasteiger partial charge >= 0.3 is 6.03 Å². The smallest absolute Gasteiger partial charge is 0.317 e. The number of amides is 2. The van der Waals surface area contributed by atoms with Crippen molar-refractivity contribution >= 4 is 31.8 Å². The Morgan fingerprint density at radius 3 is 2.31 bits per heavy atom. The molecule has 2 aliphatic rings. The Morgan fingerprint density at radius 2 is 1.69 bits per heavy atom. The molecule has 2 saturated heterocycles. The van der Waals surface area contributed by atoms with Crippen molar-refractivity contribution in [2.24, 2.45) is 0 Å². The average molecular weight is 492 g/mol. The molecule has 1 aromatic rings. The van der Waals surface area contributed by atoms with Gasteiger partial charge in [0.05, 0.1) is 28.8 Å². The molecule has 13 nitrogen and oxygen atoms in total. The molecule has 1 N–H and O–H groups in total. The van der Waals surface area contributed by atoms with Crippen molar-refractivity contribution in [1.82, 2.24) is 18.8 Å². The van der Waals surface area contributed by atoms with Gasteiger partial charge in [-0.2, -0.15) is 8.61 Å². The van der Waals surface area contributed by atoms with Crippen molar-refractivity contribution < 1.29 is 31.3 Å². The van der Waals surface area contributed by atoms with Gasteiger partial charge < -0.3 is 15.0 Å². The van der Waals surface area contributed by atoms with E-state index in [1.807, 2.05) is 0 Å². The van der Waals surface area contributed by atoms with E-state index in [9.17, 15) is 31.7 Å². The average Bonchev–Trinajstić information content (AvgIpc) is 2.79. The molecule has 0 spiro atoms. The summed E-state index contributed by atoms with van der Waals surface area (Å²) in [5.74, 6) is -0.236. The predicted octanol–water partition coefficient (Wildman–Crippen LogP) is -0.727. The Kier molecular flexibility index (Phi) is 7.66. The van der Waals surface area contributed by atoms with Crippen LogP contribution in [0.1, 0.15) is 0 Å². The van der Waals surface area contributed by atoms with E-state index in [1.54, 1.807) is 0 Å². The molecule has 0 unspecified atom stereocenters. The second kappa shape index (κ2) is 10.1. The van der Waals surface area contributed by atoms with Crippen molar-refractivity contribution in [3.63, 3.8) is 0 Å². The number of nitrogens with one attached hydrogen (secondary N) is 1. The summed E-state index contributed by atoms with van der Waals surface area (Å²) >= 11 is 0. The van der Waals surface area contributed by atoms with Crippen molar-refractivity contribution in [3.8, 4) is 0 Å². The fourth-order valence-corrected chi connectivity index (χ4v) is 6.18. The van der Waals surface area contributed by atoms with E-state index < -0.39 is 31.0 Å². The lowest BCUT2D eigenvalue weighted by Gasteiger charge is -2.34. The number of nitrogens with zero attached hydrogens (tertiary/aromatic N) is 4.